The number of carbonyl (C=O) groups excluding carboxylic acids is 2. The number of aliphatic hydroxyl groups excluding tert-OH is 1. The summed E-state index contributed by atoms with van der Waals surface area (Å²) in [4.78, 5) is 23.3. The Morgan fingerprint density at radius 2 is 1.36 bits per heavy atom. The van der Waals surface area contributed by atoms with E-state index in [1.54, 1.807) is 13.8 Å². The molecule has 0 unspecified atom stereocenters. The van der Waals surface area contributed by atoms with Crippen LogP contribution in [-0.4, -0.2) is 36.4 Å². The first-order valence-electron chi connectivity index (χ1n) is 9.89. The molecule has 5 nitrogen and oxygen atoms in total. The van der Waals surface area contributed by atoms with Crippen molar-refractivity contribution in [2.45, 2.75) is 104 Å². The number of carbonyl (C=O) groups is 2. The highest BCUT2D eigenvalue weighted by molar-refractivity contribution is 5.76. The summed E-state index contributed by atoms with van der Waals surface area (Å²) in [5, 5.41) is 9.89. The van der Waals surface area contributed by atoms with Gasteiger partial charge in [0.25, 0.3) is 0 Å². The monoisotopic (exact) mass is 358 g/mol. The first-order valence-corrected chi connectivity index (χ1v) is 9.89. The van der Waals surface area contributed by atoms with Gasteiger partial charge in [-0.25, -0.2) is 4.79 Å². The lowest BCUT2D eigenvalue weighted by molar-refractivity contribution is -0.171. The summed E-state index contributed by atoms with van der Waals surface area (Å²) in [5.74, 6) is -1.29. The van der Waals surface area contributed by atoms with Crippen LogP contribution in [0.5, 0.6) is 0 Å². The third-order valence-corrected chi connectivity index (χ3v) is 4.41. The van der Waals surface area contributed by atoms with E-state index >= 15 is 0 Å². The highest BCUT2D eigenvalue weighted by Crippen LogP contribution is 2.15. The fourth-order valence-corrected chi connectivity index (χ4v) is 2.79. The van der Waals surface area contributed by atoms with Gasteiger partial charge in [-0.05, 0) is 12.3 Å². The van der Waals surface area contributed by atoms with E-state index in [1.807, 2.05) is 0 Å². The largest absolute Gasteiger partial charge is 0.467 e. The first kappa shape index (κ1) is 23.9. The Morgan fingerprint density at radius 1 is 0.880 bits per heavy atom. The van der Waals surface area contributed by atoms with Crippen molar-refractivity contribution < 1.29 is 24.2 Å². The van der Waals surface area contributed by atoms with Crippen LogP contribution in [0.3, 0.4) is 0 Å². The Balaban J connectivity index is 3.82. The van der Waals surface area contributed by atoms with Gasteiger partial charge in [-0.2, -0.15) is 0 Å². The van der Waals surface area contributed by atoms with E-state index in [0.29, 0.717) is 6.42 Å². The fourth-order valence-electron chi connectivity index (χ4n) is 2.79. The number of hydrogen-bond acceptors (Lipinski definition) is 5. The van der Waals surface area contributed by atoms with Crippen molar-refractivity contribution in [3.05, 3.63) is 0 Å². The van der Waals surface area contributed by atoms with E-state index in [4.69, 9.17) is 4.74 Å². The lowest BCUT2D eigenvalue weighted by Gasteiger charge is -2.24. The van der Waals surface area contributed by atoms with Gasteiger partial charge in [-0.1, -0.05) is 78.6 Å². The van der Waals surface area contributed by atoms with Crippen LogP contribution < -0.4 is 0 Å². The Morgan fingerprint density at radius 3 is 1.80 bits per heavy atom. The molecule has 0 saturated heterocycles. The van der Waals surface area contributed by atoms with Gasteiger partial charge in [-0.3, -0.25) is 4.79 Å². The van der Waals surface area contributed by atoms with Crippen LogP contribution in [0.15, 0.2) is 0 Å². The van der Waals surface area contributed by atoms with Crippen molar-refractivity contribution in [2.24, 2.45) is 5.92 Å². The fraction of sp³-hybridized carbons (Fsp3) is 0.900. The molecule has 0 bridgehead atoms. The van der Waals surface area contributed by atoms with Gasteiger partial charge in [-0.15, -0.1) is 0 Å². The summed E-state index contributed by atoms with van der Waals surface area (Å²) in [6, 6.07) is 0. The minimum atomic E-state index is -1.43. The molecule has 0 fully saturated rings. The molecule has 1 N–H and O–H groups in total. The SMILES string of the molecule is CCCCCCCCCCCCC(=O)O[C@H](C(C)C)[C@@H](O)C(=O)OC. The predicted octanol–water partition coefficient (Wildman–Crippen LogP) is 4.40. The zero-order chi connectivity index (χ0) is 19.1. The van der Waals surface area contributed by atoms with E-state index in [1.165, 1.54) is 52.1 Å². The second kappa shape index (κ2) is 15.2. The molecule has 0 aliphatic heterocycles. The molecule has 0 aromatic rings. The van der Waals surface area contributed by atoms with Crippen LogP contribution in [0.4, 0.5) is 0 Å². The number of unbranched alkanes of at least 4 members (excludes halogenated alkanes) is 9. The Labute approximate surface area is 153 Å². The summed E-state index contributed by atoms with van der Waals surface area (Å²) in [7, 11) is 1.20. The lowest BCUT2D eigenvalue weighted by atomic mass is 10.0. The molecule has 0 radical (unpaired) electrons. The molecule has 0 aromatic heterocycles. The van der Waals surface area contributed by atoms with E-state index in [0.717, 1.165) is 19.3 Å². The van der Waals surface area contributed by atoms with E-state index in [9.17, 15) is 14.7 Å². The van der Waals surface area contributed by atoms with E-state index in [2.05, 4.69) is 11.7 Å². The number of rotatable bonds is 15. The number of esters is 2. The summed E-state index contributed by atoms with van der Waals surface area (Å²) in [6.07, 6.45) is 10.1. The van der Waals surface area contributed by atoms with Crippen molar-refractivity contribution >= 4 is 11.9 Å². The molecular weight excluding hydrogens is 320 g/mol. The Bertz CT molecular complexity index is 354. The average Bonchev–Trinajstić information content (AvgIpc) is 2.59. The van der Waals surface area contributed by atoms with Gasteiger partial charge < -0.3 is 14.6 Å². The van der Waals surface area contributed by atoms with Crippen LogP contribution in [0.25, 0.3) is 0 Å². The van der Waals surface area contributed by atoms with E-state index < -0.39 is 18.2 Å². The number of aliphatic hydroxyl groups is 1. The third kappa shape index (κ3) is 12.0. The topological polar surface area (TPSA) is 72.8 Å². The zero-order valence-electron chi connectivity index (χ0n) is 16.6. The first-order chi connectivity index (χ1) is 11.9. The van der Waals surface area contributed by atoms with Crippen LogP contribution in [0, 0.1) is 5.92 Å². The third-order valence-electron chi connectivity index (χ3n) is 4.41. The van der Waals surface area contributed by atoms with Gasteiger partial charge in [0.15, 0.2) is 6.10 Å². The summed E-state index contributed by atoms with van der Waals surface area (Å²) >= 11 is 0. The summed E-state index contributed by atoms with van der Waals surface area (Å²) in [5.41, 5.74) is 0. The van der Waals surface area contributed by atoms with E-state index in [-0.39, 0.29) is 11.9 Å². The Hall–Kier alpha value is -1.10. The minimum Gasteiger partial charge on any atom is -0.467 e. The highest BCUT2D eigenvalue weighted by atomic mass is 16.6. The normalized spacial score (nSPS) is 13.5. The molecule has 2 atom stereocenters. The van der Waals surface area contributed by atoms with Crippen LogP contribution >= 0.6 is 0 Å². The summed E-state index contributed by atoms with van der Waals surface area (Å²) < 4.78 is 9.80. The standard InChI is InChI=1S/C20H38O5/c1-5-6-7-8-9-10-11-12-13-14-15-17(21)25-19(16(2)3)18(22)20(23)24-4/h16,18-19,22H,5-15H2,1-4H3/t18-,19-/m1/s1. The predicted molar refractivity (Wildman–Crippen MR) is 99.2 cm³/mol. The molecule has 5 heteroatoms. The molecule has 25 heavy (non-hydrogen) atoms. The van der Waals surface area contributed by atoms with Crippen molar-refractivity contribution in [1.82, 2.24) is 0 Å². The van der Waals surface area contributed by atoms with Gasteiger partial charge >= 0.3 is 11.9 Å². The molecule has 0 rings (SSSR count). The second-order valence-electron chi connectivity index (χ2n) is 7.10. The van der Waals surface area contributed by atoms with Crippen molar-refractivity contribution in [3.8, 4) is 0 Å². The van der Waals surface area contributed by atoms with Crippen molar-refractivity contribution in [3.63, 3.8) is 0 Å². The molecule has 0 amide bonds. The molecule has 0 spiro atoms. The molecule has 148 valence electrons. The minimum absolute atomic E-state index is 0.161. The number of ether oxygens (including phenoxy) is 2. The maximum atomic E-state index is 11.9. The second-order valence-corrected chi connectivity index (χ2v) is 7.10. The van der Waals surface area contributed by atoms with Crippen LogP contribution in [-0.2, 0) is 19.1 Å². The van der Waals surface area contributed by atoms with Gasteiger partial charge in [0.2, 0.25) is 0 Å². The lowest BCUT2D eigenvalue weighted by Crippen LogP contribution is -2.41. The van der Waals surface area contributed by atoms with Gasteiger partial charge in [0, 0.05) is 6.42 Å². The maximum Gasteiger partial charge on any atom is 0.338 e. The van der Waals surface area contributed by atoms with Crippen molar-refractivity contribution in [2.75, 3.05) is 7.11 Å². The number of hydrogen-bond donors (Lipinski definition) is 1. The zero-order valence-corrected chi connectivity index (χ0v) is 16.6. The van der Waals surface area contributed by atoms with Gasteiger partial charge in [0.1, 0.15) is 6.10 Å². The van der Waals surface area contributed by atoms with Crippen molar-refractivity contribution in [1.29, 1.82) is 0 Å². The molecule has 0 aliphatic carbocycles. The molecule has 0 aromatic carbocycles. The number of methoxy groups -OCH3 is 1. The maximum absolute atomic E-state index is 11.9. The quantitative estimate of drug-likeness (QED) is 0.347. The molecular formula is C20H38O5. The van der Waals surface area contributed by atoms with Crippen LogP contribution in [0.1, 0.15) is 91.4 Å². The van der Waals surface area contributed by atoms with Gasteiger partial charge in [0.05, 0.1) is 7.11 Å². The summed E-state index contributed by atoms with van der Waals surface area (Å²) in [6.45, 7) is 5.82. The molecule has 0 heterocycles. The highest BCUT2D eigenvalue weighted by Gasteiger charge is 2.32. The smallest absolute Gasteiger partial charge is 0.338 e. The molecule has 0 aliphatic rings. The average molecular weight is 359 g/mol. The Kier molecular flexibility index (Phi) is 14.5. The molecule has 0 saturated carbocycles. The van der Waals surface area contributed by atoms with Crippen LogP contribution in [0.2, 0.25) is 0 Å².